The van der Waals surface area contributed by atoms with E-state index in [1.165, 1.54) is 23.0 Å². The summed E-state index contributed by atoms with van der Waals surface area (Å²) in [5, 5.41) is 9.04. The third-order valence-corrected chi connectivity index (χ3v) is 8.02. The largest absolute Gasteiger partial charge is 0.493 e. The normalized spacial score (nSPS) is 14.8. The summed E-state index contributed by atoms with van der Waals surface area (Å²) in [6, 6.07) is 10.1. The Balaban J connectivity index is 1.97. The lowest BCUT2D eigenvalue weighted by atomic mass is 9.95. The quantitative estimate of drug-likeness (QED) is 0.288. The molecule has 0 amide bonds. The van der Waals surface area contributed by atoms with Crippen LogP contribution in [0.1, 0.15) is 44.9 Å². The first-order valence-electron chi connectivity index (χ1n) is 12.6. The second-order valence-corrected chi connectivity index (χ2v) is 11.9. The molecule has 0 bridgehead atoms. The van der Waals surface area contributed by atoms with Crippen molar-refractivity contribution in [2.24, 2.45) is 4.99 Å². The molecule has 0 saturated heterocycles. The topological polar surface area (TPSA) is 112 Å². The predicted octanol–water partition coefficient (Wildman–Crippen LogP) is 5.02. The van der Waals surface area contributed by atoms with Crippen molar-refractivity contribution in [1.82, 2.24) is 4.57 Å². The molecule has 0 fully saturated rings. The number of hydrogen-bond acceptors (Lipinski definition) is 9. The fourth-order valence-corrected chi connectivity index (χ4v) is 6.81. The summed E-state index contributed by atoms with van der Waals surface area (Å²) in [5.41, 5.74) is 1.57. The lowest BCUT2D eigenvalue weighted by Crippen LogP contribution is -2.40. The second kappa shape index (κ2) is 13.1. The van der Waals surface area contributed by atoms with E-state index in [0.29, 0.717) is 47.9 Å². The van der Waals surface area contributed by atoms with Gasteiger partial charge in [0.2, 0.25) is 0 Å². The highest BCUT2D eigenvalue weighted by atomic mass is 79.9. The molecule has 1 atom stereocenters. The summed E-state index contributed by atoms with van der Waals surface area (Å²) < 4.78 is 25.7. The molecule has 214 valence electrons. The maximum Gasteiger partial charge on any atom is 0.338 e. The van der Waals surface area contributed by atoms with Crippen molar-refractivity contribution in [2.45, 2.75) is 39.8 Å². The van der Waals surface area contributed by atoms with Gasteiger partial charge in [-0.25, -0.2) is 9.79 Å². The van der Waals surface area contributed by atoms with Gasteiger partial charge in [0.25, 0.3) is 5.56 Å². The van der Waals surface area contributed by atoms with Crippen molar-refractivity contribution in [2.75, 3.05) is 20.3 Å². The maximum absolute atomic E-state index is 14.0. The van der Waals surface area contributed by atoms with Gasteiger partial charge in [0.15, 0.2) is 22.9 Å². The molecule has 0 radical (unpaired) electrons. The van der Waals surface area contributed by atoms with Crippen LogP contribution in [0.5, 0.6) is 17.2 Å². The summed E-state index contributed by atoms with van der Waals surface area (Å²) in [5.74, 6) is 0.875. The van der Waals surface area contributed by atoms with E-state index in [1.54, 1.807) is 50.3 Å². The third-order valence-electron chi connectivity index (χ3n) is 5.99. The number of carbonyl (C=O) groups is 1. The first kappa shape index (κ1) is 30.6. The lowest BCUT2D eigenvalue weighted by molar-refractivity contribution is -0.139. The summed E-state index contributed by atoms with van der Waals surface area (Å²) in [6.45, 7) is 7.28. The van der Waals surface area contributed by atoms with Crippen LogP contribution in [0.3, 0.4) is 0 Å². The van der Waals surface area contributed by atoms with E-state index in [-0.39, 0.29) is 30.5 Å². The van der Waals surface area contributed by atoms with Crippen LogP contribution in [0, 0.1) is 11.3 Å². The standard InChI is InChI=1S/C29H27Br2N3O6S/c1-6-38-28(36)24-16(4)33-29-34(25(24)17-7-8-21(40-15(2)3)22(12-17)37-5)27(35)23(41-29)13-18-11-19(30)14-20(31)26(18)39-10-9-32/h7-8,11-15,25H,6,10H2,1-5H3/b23-13+/t25-/m0/s1. The van der Waals surface area contributed by atoms with Gasteiger partial charge in [-0.2, -0.15) is 5.26 Å². The fourth-order valence-electron chi connectivity index (χ4n) is 4.40. The minimum atomic E-state index is -0.821. The number of ether oxygens (including phenoxy) is 4. The van der Waals surface area contributed by atoms with Gasteiger partial charge in [-0.1, -0.05) is 33.3 Å². The molecular weight excluding hydrogens is 678 g/mol. The zero-order chi connectivity index (χ0) is 29.8. The number of aromatic nitrogens is 1. The molecule has 1 aliphatic heterocycles. The SMILES string of the molecule is CCOC(=O)C1=C(C)N=c2s/c(=C/c3cc(Br)cc(Br)c3OCC#N)c(=O)n2[C@H]1c1ccc(OC(C)C)c(OC)c1. The molecule has 4 rings (SSSR count). The Morgan fingerprint density at radius 1 is 1.24 bits per heavy atom. The number of thiazole rings is 1. The molecule has 0 N–H and O–H groups in total. The number of methoxy groups -OCH3 is 1. The Labute approximate surface area is 257 Å². The summed E-state index contributed by atoms with van der Waals surface area (Å²) in [4.78, 5) is 32.3. The van der Waals surface area contributed by atoms with E-state index in [1.807, 2.05) is 19.9 Å². The molecule has 3 aromatic rings. The van der Waals surface area contributed by atoms with Crippen LogP contribution in [-0.4, -0.2) is 37.0 Å². The highest BCUT2D eigenvalue weighted by Crippen LogP contribution is 2.37. The number of halogens is 2. The van der Waals surface area contributed by atoms with Crippen molar-refractivity contribution in [3.8, 4) is 23.3 Å². The number of fused-ring (bicyclic) bond motifs is 1. The van der Waals surface area contributed by atoms with Crippen LogP contribution >= 0.6 is 43.2 Å². The molecule has 2 aromatic carbocycles. The van der Waals surface area contributed by atoms with E-state index in [0.717, 1.165) is 4.47 Å². The smallest absolute Gasteiger partial charge is 0.338 e. The Morgan fingerprint density at radius 2 is 2.00 bits per heavy atom. The van der Waals surface area contributed by atoms with Crippen LogP contribution < -0.4 is 29.1 Å². The summed E-state index contributed by atoms with van der Waals surface area (Å²) in [7, 11) is 1.53. The van der Waals surface area contributed by atoms with E-state index in [9.17, 15) is 9.59 Å². The summed E-state index contributed by atoms with van der Waals surface area (Å²) >= 11 is 8.14. The Hall–Kier alpha value is -3.40. The molecule has 12 heteroatoms. The van der Waals surface area contributed by atoms with E-state index in [4.69, 9.17) is 24.2 Å². The van der Waals surface area contributed by atoms with E-state index in [2.05, 4.69) is 36.9 Å². The Bertz CT molecular complexity index is 1750. The first-order chi connectivity index (χ1) is 19.6. The van der Waals surface area contributed by atoms with Crippen LogP contribution in [0.25, 0.3) is 6.08 Å². The monoisotopic (exact) mass is 703 g/mol. The first-order valence-corrected chi connectivity index (χ1v) is 15.0. The second-order valence-electron chi connectivity index (χ2n) is 9.13. The zero-order valence-corrected chi connectivity index (χ0v) is 27.0. The molecule has 41 heavy (non-hydrogen) atoms. The van der Waals surface area contributed by atoms with Crippen LogP contribution in [0.15, 0.2) is 60.3 Å². The Kier molecular flexibility index (Phi) is 9.73. The number of nitriles is 1. The van der Waals surface area contributed by atoms with Crippen LogP contribution in [-0.2, 0) is 9.53 Å². The van der Waals surface area contributed by atoms with Crippen LogP contribution in [0.4, 0.5) is 0 Å². The van der Waals surface area contributed by atoms with Gasteiger partial charge in [0.1, 0.15) is 11.8 Å². The van der Waals surface area contributed by atoms with Crippen molar-refractivity contribution >= 4 is 55.2 Å². The van der Waals surface area contributed by atoms with Gasteiger partial charge in [-0.15, -0.1) is 0 Å². The number of carbonyl (C=O) groups excluding carboxylic acids is 1. The van der Waals surface area contributed by atoms with Crippen molar-refractivity contribution in [3.63, 3.8) is 0 Å². The minimum absolute atomic E-state index is 0.0789. The molecule has 1 aliphatic rings. The maximum atomic E-state index is 14.0. The number of allylic oxidation sites excluding steroid dienone is 1. The third kappa shape index (κ3) is 6.42. The highest BCUT2D eigenvalue weighted by Gasteiger charge is 2.34. The van der Waals surface area contributed by atoms with Crippen LogP contribution in [0.2, 0.25) is 0 Å². The lowest BCUT2D eigenvalue weighted by Gasteiger charge is -2.25. The fraction of sp³-hybridized carbons (Fsp3) is 0.310. The number of nitrogens with zero attached hydrogens (tertiary/aromatic N) is 3. The van der Waals surface area contributed by atoms with E-state index >= 15 is 0 Å². The number of rotatable bonds is 9. The molecule has 0 aliphatic carbocycles. The predicted molar refractivity (Wildman–Crippen MR) is 162 cm³/mol. The molecule has 0 saturated carbocycles. The minimum Gasteiger partial charge on any atom is -0.493 e. The number of esters is 1. The van der Waals surface area contributed by atoms with Gasteiger partial charge < -0.3 is 18.9 Å². The Morgan fingerprint density at radius 3 is 2.66 bits per heavy atom. The van der Waals surface area contributed by atoms with E-state index < -0.39 is 12.0 Å². The van der Waals surface area contributed by atoms with Gasteiger partial charge in [-0.05, 0) is 79.5 Å². The molecule has 1 aromatic heterocycles. The van der Waals surface area contributed by atoms with Gasteiger partial charge in [0, 0.05) is 10.0 Å². The van der Waals surface area contributed by atoms with Crippen molar-refractivity contribution in [3.05, 3.63) is 81.4 Å². The average molecular weight is 705 g/mol. The van der Waals surface area contributed by atoms with Gasteiger partial charge in [0.05, 0.1) is 46.1 Å². The average Bonchev–Trinajstić information content (AvgIpc) is 3.21. The molecular formula is C29H27Br2N3O6S. The van der Waals surface area contributed by atoms with Crippen molar-refractivity contribution < 1.29 is 23.7 Å². The van der Waals surface area contributed by atoms with Crippen molar-refractivity contribution in [1.29, 1.82) is 5.26 Å². The van der Waals surface area contributed by atoms with Gasteiger partial charge in [-0.3, -0.25) is 9.36 Å². The summed E-state index contributed by atoms with van der Waals surface area (Å²) in [6.07, 6.45) is 1.61. The molecule has 0 spiro atoms. The zero-order valence-electron chi connectivity index (χ0n) is 23.0. The molecule has 0 unspecified atom stereocenters. The van der Waals surface area contributed by atoms with Gasteiger partial charge >= 0.3 is 5.97 Å². The molecule has 2 heterocycles. The molecule has 9 nitrogen and oxygen atoms in total. The highest BCUT2D eigenvalue weighted by molar-refractivity contribution is 9.11. The number of hydrogen-bond donors (Lipinski definition) is 0. The number of benzene rings is 2.